The number of allylic oxidation sites excluding steroid dienone is 1. The van der Waals surface area contributed by atoms with Crippen molar-refractivity contribution < 1.29 is 19.0 Å². The van der Waals surface area contributed by atoms with E-state index in [0.29, 0.717) is 10.8 Å². The third-order valence-corrected chi connectivity index (χ3v) is 7.06. The third kappa shape index (κ3) is 5.49. The van der Waals surface area contributed by atoms with Gasteiger partial charge in [0.1, 0.15) is 17.2 Å². The van der Waals surface area contributed by atoms with Crippen molar-refractivity contribution in [2.45, 2.75) is 25.3 Å². The second-order valence-electron chi connectivity index (χ2n) is 9.13. The molecule has 37 heavy (non-hydrogen) atoms. The van der Waals surface area contributed by atoms with E-state index in [9.17, 15) is 4.79 Å². The van der Waals surface area contributed by atoms with Gasteiger partial charge in [-0.2, -0.15) is 5.10 Å². The Hall–Kier alpha value is -3.77. The summed E-state index contributed by atoms with van der Waals surface area (Å²) < 4.78 is 16.4. The zero-order valence-electron chi connectivity index (χ0n) is 20.9. The van der Waals surface area contributed by atoms with Crippen molar-refractivity contribution in [3.8, 4) is 17.2 Å². The summed E-state index contributed by atoms with van der Waals surface area (Å²) >= 11 is 6.08. The molecular weight excluding hydrogens is 488 g/mol. The van der Waals surface area contributed by atoms with Crippen molar-refractivity contribution in [2.75, 3.05) is 20.8 Å². The molecule has 0 unspecified atom stereocenters. The summed E-state index contributed by atoms with van der Waals surface area (Å²) in [5.41, 5.74) is 4.23. The Morgan fingerprint density at radius 2 is 1.70 bits per heavy atom. The minimum atomic E-state index is -0.212. The van der Waals surface area contributed by atoms with Gasteiger partial charge in [0.15, 0.2) is 6.61 Å². The van der Waals surface area contributed by atoms with Crippen molar-refractivity contribution in [3.63, 3.8) is 0 Å². The molecular formula is C30H29ClN2O4. The van der Waals surface area contributed by atoms with Gasteiger partial charge in [-0.25, -0.2) is 5.01 Å². The molecule has 3 aromatic rings. The van der Waals surface area contributed by atoms with Crippen LogP contribution in [0.3, 0.4) is 0 Å². The fourth-order valence-electron chi connectivity index (χ4n) is 5.01. The summed E-state index contributed by atoms with van der Waals surface area (Å²) in [6.07, 6.45) is 5.07. The molecule has 190 valence electrons. The molecule has 1 heterocycles. The van der Waals surface area contributed by atoms with Crippen molar-refractivity contribution in [1.29, 1.82) is 0 Å². The summed E-state index contributed by atoms with van der Waals surface area (Å²) in [5.74, 6) is 2.03. The molecule has 0 bridgehead atoms. The summed E-state index contributed by atoms with van der Waals surface area (Å²) in [5, 5.41) is 7.09. The molecule has 0 aromatic heterocycles. The van der Waals surface area contributed by atoms with Crippen LogP contribution in [0.2, 0.25) is 5.02 Å². The van der Waals surface area contributed by atoms with Gasteiger partial charge in [0.05, 0.1) is 26.0 Å². The van der Waals surface area contributed by atoms with Crippen LogP contribution >= 0.6 is 11.6 Å². The Morgan fingerprint density at radius 1 is 1.00 bits per heavy atom. The number of rotatable bonds is 7. The second kappa shape index (κ2) is 11.1. The van der Waals surface area contributed by atoms with Crippen molar-refractivity contribution in [2.24, 2.45) is 11.0 Å². The fraction of sp³-hybridized carbons (Fsp3) is 0.267. The molecule has 0 N–H and O–H groups in total. The maximum absolute atomic E-state index is 13.5. The molecule has 1 aliphatic heterocycles. The molecule has 0 radical (unpaired) electrons. The van der Waals surface area contributed by atoms with Crippen LogP contribution in [0.4, 0.5) is 0 Å². The van der Waals surface area contributed by atoms with Crippen LogP contribution in [-0.2, 0) is 4.79 Å². The van der Waals surface area contributed by atoms with Gasteiger partial charge in [-0.1, -0.05) is 41.9 Å². The Balaban J connectivity index is 1.46. The third-order valence-electron chi connectivity index (χ3n) is 6.83. The number of hydrazone groups is 1. The van der Waals surface area contributed by atoms with Gasteiger partial charge in [0.2, 0.25) is 0 Å². The topological polar surface area (TPSA) is 60.4 Å². The molecule has 7 heteroatoms. The SMILES string of the molecule is COc1ccc(/C=C2/CCC[C@H]3C2=NN(C(=O)COc2cccc(Cl)c2)[C@H]3c2ccc(OC)cc2)cc1. The van der Waals surface area contributed by atoms with Crippen LogP contribution in [0, 0.1) is 5.92 Å². The van der Waals surface area contributed by atoms with Crippen LogP contribution in [0.15, 0.2) is 83.5 Å². The monoisotopic (exact) mass is 516 g/mol. The molecule has 6 nitrogen and oxygen atoms in total. The first-order chi connectivity index (χ1) is 18.1. The summed E-state index contributed by atoms with van der Waals surface area (Å²) in [7, 11) is 3.31. The molecule has 2 aliphatic rings. The normalized spacial score (nSPS) is 19.8. The van der Waals surface area contributed by atoms with Crippen molar-refractivity contribution in [3.05, 3.63) is 94.5 Å². The summed E-state index contributed by atoms with van der Waals surface area (Å²) in [6, 6.07) is 22.7. The molecule has 1 aliphatic carbocycles. The molecule has 3 aromatic carbocycles. The van der Waals surface area contributed by atoms with Crippen LogP contribution in [0.25, 0.3) is 6.08 Å². The zero-order valence-corrected chi connectivity index (χ0v) is 21.6. The number of methoxy groups -OCH3 is 2. The highest BCUT2D eigenvalue weighted by Crippen LogP contribution is 2.44. The van der Waals surface area contributed by atoms with E-state index in [2.05, 4.69) is 6.08 Å². The van der Waals surface area contributed by atoms with E-state index in [1.54, 1.807) is 43.5 Å². The lowest BCUT2D eigenvalue weighted by molar-refractivity contribution is -0.135. The smallest absolute Gasteiger partial charge is 0.281 e. The highest BCUT2D eigenvalue weighted by molar-refractivity contribution is 6.30. The predicted molar refractivity (Wildman–Crippen MR) is 145 cm³/mol. The van der Waals surface area contributed by atoms with Gasteiger partial charge >= 0.3 is 0 Å². The highest BCUT2D eigenvalue weighted by atomic mass is 35.5. The lowest BCUT2D eigenvalue weighted by atomic mass is 9.77. The van der Waals surface area contributed by atoms with Gasteiger partial charge < -0.3 is 14.2 Å². The van der Waals surface area contributed by atoms with E-state index in [1.807, 2.05) is 48.5 Å². The number of ether oxygens (including phenoxy) is 3. The van der Waals surface area contributed by atoms with Crippen LogP contribution < -0.4 is 14.2 Å². The Bertz CT molecular complexity index is 1320. The van der Waals surface area contributed by atoms with Gasteiger partial charge in [0.25, 0.3) is 5.91 Å². The molecule has 1 saturated carbocycles. The number of amides is 1. The minimum absolute atomic E-state index is 0.0989. The number of benzene rings is 3. The van der Waals surface area contributed by atoms with Crippen LogP contribution in [0.1, 0.15) is 36.4 Å². The van der Waals surface area contributed by atoms with E-state index in [4.69, 9.17) is 30.9 Å². The molecule has 0 spiro atoms. The molecule has 0 saturated heterocycles. The van der Waals surface area contributed by atoms with Crippen LogP contribution in [-0.4, -0.2) is 37.5 Å². The first kappa shape index (κ1) is 24.9. The van der Waals surface area contributed by atoms with Crippen molar-refractivity contribution in [1.82, 2.24) is 5.01 Å². The quantitative estimate of drug-likeness (QED) is 0.357. The number of carbonyl (C=O) groups is 1. The van der Waals surface area contributed by atoms with E-state index >= 15 is 0 Å². The number of hydrogen-bond donors (Lipinski definition) is 0. The Labute approximate surface area is 222 Å². The van der Waals surface area contributed by atoms with Gasteiger partial charge in [-0.15, -0.1) is 0 Å². The van der Waals surface area contributed by atoms with E-state index in [-0.39, 0.29) is 24.5 Å². The standard InChI is InChI=1S/C30H29ClN2O4/c1-35-24-13-9-20(10-14-24)17-22-5-3-8-27-29(22)32-33(30(27)21-11-15-25(36-2)16-12-21)28(34)19-37-26-7-4-6-23(31)18-26/h4,6-7,9-18,27,30H,3,5,8,19H2,1-2H3/b22-17-/t27-,30-/m0/s1. The van der Waals surface area contributed by atoms with Crippen molar-refractivity contribution >= 4 is 29.3 Å². The van der Waals surface area contributed by atoms with Crippen LogP contribution in [0.5, 0.6) is 17.2 Å². The van der Waals surface area contributed by atoms with Gasteiger partial charge in [0, 0.05) is 10.9 Å². The number of carbonyl (C=O) groups excluding carboxylic acids is 1. The maximum Gasteiger partial charge on any atom is 0.281 e. The molecule has 1 amide bonds. The fourth-order valence-corrected chi connectivity index (χ4v) is 5.19. The first-order valence-corrected chi connectivity index (χ1v) is 12.7. The molecule has 5 rings (SSSR count). The molecule has 2 atom stereocenters. The average Bonchev–Trinajstić information content (AvgIpc) is 3.33. The Kier molecular flexibility index (Phi) is 7.47. The lowest BCUT2D eigenvalue weighted by Crippen LogP contribution is -2.34. The number of halogens is 1. The van der Waals surface area contributed by atoms with E-state index in [1.165, 1.54) is 0 Å². The predicted octanol–water partition coefficient (Wildman–Crippen LogP) is 6.56. The zero-order chi connectivity index (χ0) is 25.8. The van der Waals surface area contributed by atoms with Gasteiger partial charge in [-0.05, 0) is 84.5 Å². The summed E-state index contributed by atoms with van der Waals surface area (Å²) in [4.78, 5) is 13.5. The largest absolute Gasteiger partial charge is 0.497 e. The van der Waals surface area contributed by atoms with E-state index in [0.717, 1.165) is 53.2 Å². The number of nitrogens with zero attached hydrogens (tertiary/aromatic N) is 2. The highest BCUT2D eigenvalue weighted by Gasteiger charge is 2.43. The van der Waals surface area contributed by atoms with E-state index < -0.39 is 0 Å². The van der Waals surface area contributed by atoms with Gasteiger partial charge in [-0.3, -0.25) is 4.79 Å². The second-order valence-corrected chi connectivity index (χ2v) is 9.57. The molecule has 1 fully saturated rings. The number of hydrogen-bond acceptors (Lipinski definition) is 5. The minimum Gasteiger partial charge on any atom is -0.497 e. The summed E-state index contributed by atoms with van der Waals surface area (Å²) in [6.45, 7) is -0.131. The Morgan fingerprint density at radius 3 is 2.38 bits per heavy atom. The first-order valence-electron chi connectivity index (χ1n) is 12.3. The number of fused-ring (bicyclic) bond motifs is 1. The average molecular weight is 517 g/mol. The maximum atomic E-state index is 13.5. The lowest BCUT2D eigenvalue weighted by Gasteiger charge is -2.29.